The van der Waals surface area contributed by atoms with Crippen molar-refractivity contribution < 1.29 is 0 Å². The van der Waals surface area contributed by atoms with E-state index in [2.05, 4.69) is 57.0 Å². The van der Waals surface area contributed by atoms with Crippen molar-refractivity contribution in [2.24, 2.45) is 4.99 Å². The minimum Gasteiger partial charge on any atom is -0.252 e. The van der Waals surface area contributed by atoms with Crippen molar-refractivity contribution in [2.45, 2.75) is 38.3 Å². The minimum atomic E-state index is 0.160. The Hall–Kier alpha value is -1.65. The fourth-order valence-corrected chi connectivity index (χ4v) is 2.80. The molecule has 1 aromatic rings. The van der Waals surface area contributed by atoms with Crippen LogP contribution in [-0.4, -0.2) is 35.7 Å². The van der Waals surface area contributed by atoms with E-state index in [0.29, 0.717) is 0 Å². The first-order valence-electron chi connectivity index (χ1n) is 7.97. The zero-order chi connectivity index (χ0) is 14.3. The molecule has 4 nitrogen and oxygen atoms in total. The Kier molecular flexibility index (Phi) is 5.03. The van der Waals surface area contributed by atoms with Gasteiger partial charge in [-0.1, -0.05) is 55.3 Å². The molecule has 3 rings (SSSR count). The highest BCUT2D eigenvalue weighted by Crippen LogP contribution is 2.13. The molecule has 2 aliphatic heterocycles. The molecular formula is C17H24N4. The number of aliphatic imine (C=N–C) groups is 1. The standard InChI is InChI=1S/C17H24N4/c1-2-7-14-20(13-6-1)21-15-18-17(19-21)12-8-11-16-9-4-3-5-10-16/h3-5,8-11,15,17,19H,1-2,6-7,12-14H2. The quantitative estimate of drug-likeness (QED) is 0.922. The molecule has 0 amide bonds. The second-order valence-electron chi connectivity index (χ2n) is 5.67. The second-order valence-corrected chi connectivity index (χ2v) is 5.67. The molecule has 1 atom stereocenters. The zero-order valence-corrected chi connectivity index (χ0v) is 12.5. The lowest BCUT2D eigenvalue weighted by molar-refractivity contribution is 0.00917. The maximum Gasteiger partial charge on any atom is 0.123 e. The van der Waals surface area contributed by atoms with Crippen LogP contribution in [0.5, 0.6) is 0 Å². The first-order chi connectivity index (χ1) is 10.4. The highest BCUT2D eigenvalue weighted by Gasteiger charge is 2.21. The Morgan fingerprint density at radius 3 is 2.62 bits per heavy atom. The molecular weight excluding hydrogens is 260 g/mol. The van der Waals surface area contributed by atoms with Gasteiger partial charge in [0.2, 0.25) is 0 Å². The third-order valence-corrected chi connectivity index (χ3v) is 3.99. The smallest absolute Gasteiger partial charge is 0.123 e. The van der Waals surface area contributed by atoms with Gasteiger partial charge >= 0.3 is 0 Å². The summed E-state index contributed by atoms with van der Waals surface area (Å²) in [5.74, 6) is 0. The molecule has 4 heteroatoms. The first-order valence-corrected chi connectivity index (χ1v) is 7.97. The molecule has 0 aliphatic carbocycles. The predicted octanol–water partition coefficient (Wildman–Crippen LogP) is 3.06. The molecule has 21 heavy (non-hydrogen) atoms. The van der Waals surface area contributed by atoms with Crippen molar-refractivity contribution in [3.63, 3.8) is 0 Å². The van der Waals surface area contributed by atoms with Gasteiger partial charge in [-0.25, -0.2) is 10.1 Å². The van der Waals surface area contributed by atoms with Crippen LogP contribution >= 0.6 is 0 Å². The molecule has 1 aromatic carbocycles. The largest absolute Gasteiger partial charge is 0.252 e. The normalized spacial score (nSPS) is 23.8. The van der Waals surface area contributed by atoms with E-state index < -0.39 is 0 Å². The molecule has 0 saturated carbocycles. The molecule has 0 aromatic heterocycles. The molecule has 2 heterocycles. The van der Waals surface area contributed by atoms with E-state index in [1.165, 1.54) is 31.2 Å². The number of rotatable bonds is 4. The van der Waals surface area contributed by atoms with Crippen molar-refractivity contribution in [3.8, 4) is 0 Å². The first kappa shape index (κ1) is 14.3. The van der Waals surface area contributed by atoms with Gasteiger partial charge in [-0.05, 0) is 18.4 Å². The van der Waals surface area contributed by atoms with Crippen LogP contribution in [0.3, 0.4) is 0 Å². The Balaban J connectivity index is 1.46. The van der Waals surface area contributed by atoms with E-state index in [-0.39, 0.29) is 6.17 Å². The lowest BCUT2D eigenvalue weighted by Crippen LogP contribution is -2.49. The Morgan fingerprint density at radius 1 is 1.10 bits per heavy atom. The number of hydrogen-bond acceptors (Lipinski definition) is 4. The van der Waals surface area contributed by atoms with Gasteiger partial charge in [0.15, 0.2) is 0 Å². The summed E-state index contributed by atoms with van der Waals surface area (Å²) >= 11 is 0. The Morgan fingerprint density at radius 2 is 1.86 bits per heavy atom. The summed E-state index contributed by atoms with van der Waals surface area (Å²) in [6.07, 6.45) is 12.6. The van der Waals surface area contributed by atoms with E-state index in [1.54, 1.807) is 0 Å². The van der Waals surface area contributed by atoms with Crippen molar-refractivity contribution in [3.05, 3.63) is 42.0 Å². The molecule has 1 unspecified atom stereocenters. The summed E-state index contributed by atoms with van der Waals surface area (Å²) < 4.78 is 0. The number of nitrogens with one attached hydrogen (secondary N) is 1. The van der Waals surface area contributed by atoms with E-state index in [0.717, 1.165) is 19.5 Å². The topological polar surface area (TPSA) is 30.9 Å². The van der Waals surface area contributed by atoms with Gasteiger partial charge in [-0.3, -0.25) is 4.99 Å². The highest BCUT2D eigenvalue weighted by atomic mass is 15.8. The van der Waals surface area contributed by atoms with E-state index in [9.17, 15) is 0 Å². The number of hydrazine groups is 2. The van der Waals surface area contributed by atoms with E-state index in [4.69, 9.17) is 0 Å². The molecule has 0 bridgehead atoms. The highest BCUT2D eigenvalue weighted by molar-refractivity contribution is 5.56. The molecule has 112 valence electrons. The lowest BCUT2D eigenvalue weighted by atomic mass is 10.2. The summed E-state index contributed by atoms with van der Waals surface area (Å²) in [7, 11) is 0. The SMILES string of the molecule is C(=Cc1ccccc1)CC1N=CN(N2CCCCCC2)N1. The molecule has 0 spiro atoms. The van der Waals surface area contributed by atoms with Crippen LogP contribution in [0, 0.1) is 0 Å². The Labute approximate surface area is 127 Å². The summed E-state index contributed by atoms with van der Waals surface area (Å²) in [6, 6.07) is 10.4. The van der Waals surface area contributed by atoms with Gasteiger partial charge in [0.1, 0.15) is 12.5 Å². The fourth-order valence-electron chi connectivity index (χ4n) is 2.80. The summed E-state index contributed by atoms with van der Waals surface area (Å²) in [6.45, 7) is 2.26. The van der Waals surface area contributed by atoms with Crippen molar-refractivity contribution in [1.29, 1.82) is 0 Å². The van der Waals surface area contributed by atoms with Crippen LogP contribution in [0.4, 0.5) is 0 Å². The summed E-state index contributed by atoms with van der Waals surface area (Å²) in [5.41, 5.74) is 4.70. The Bertz CT molecular complexity index is 475. The average molecular weight is 284 g/mol. The lowest BCUT2D eigenvalue weighted by Gasteiger charge is -2.30. The number of nitrogens with zero attached hydrogens (tertiary/aromatic N) is 3. The van der Waals surface area contributed by atoms with Crippen LogP contribution in [-0.2, 0) is 0 Å². The van der Waals surface area contributed by atoms with Gasteiger partial charge in [0.25, 0.3) is 0 Å². The zero-order valence-electron chi connectivity index (χ0n) is 12.5. The minimum absolute atomic E-state index is 0.160. The van der Waals surface area contributed by atoms with Gasteiger partial charge < -0.3 is 0 Å². The van der Waals surface area contributed by atoms with Crippen molar-refractivity contribution in [2.75, 3.05) is 13.1 Å². The molecule has 1 saturated heterocycles. The third-order valence-electron chi connectivity index (χ3n) is 3.99. The monoisotopic (exact) mass is 284 g/mol. The summed E-state index contributed by atoms with van der Waals surface area (Å²) in [4.78, 5) is 4.55. The number of hydrogen-bond donors (Lipinski definition) is 1. The van der Waals surface area contributed by atoms with Gasteiger partial charge in [0, 0.05) is 19.5 Å². The maximum atomic E-state index is 4.55. The maximum absolute atomic E-state index is 4.55. The van der Waals surface area contributed by atoms with E-state index in [1.807, 2.05) is 12.4 Å². The van der Waals surface area contributed by atoms with E-state index >= 15 is 0 Å². The van der Waals surface area contributed by atoms with Crippen LogP contribution in [0.2, 0.25) is 0 Å². The molecule has 1 fully saturated rings. The molecule has 0 radical (unpaired) electrons. The van der Waals surface area contributed by atoms with Crippen LogP contribution < -0.4 is 5.43 Å². The van der Waals surface area contributed by atoms with Crippen molar-refractivity contribution in [1.82, 2.24) is 15.6 Å². The summed E-state index contributed by atoms with van der Waals surface area (Å²) in [5, 5.41) is 4.46. The van der Waals surface area contributed by atoms with Crippen LogP contribution in [0.15, 0.2) is 41.4 Å². The van der Waals surface area contributed by atoms with Crippen molar-refractivity contribution >= 4 is 12.4 Å². The number of benzene rings is 1. The average Bonchev–Trinajstić information content (AvgIpc) is 2.82. The van der Waals surface area contributed by atoms with Gasteiger partial charge in [0.05, 0.1) is 0 Å². The van der Waals surface area contributed by atoms with Gasteiger partial charge in [-0.15, -0.1) is 0 Å². The molecule has 1 N–H and O–H groups in total. The van der Waals surface area contributed by atoms with Gasteiger partial charge in [-0.2, -0.15) is 5.43 Å². The van der Waals surface area contributed by atoms with Crippen LogP contribution in [0.25, 0.3) is 6.08 Å². The molecule has 2 aliphatic rings. The fraction of sp³-hybridized carbons (Fsp3) is 0.471. The van der Waals surface area contributed by atoms with Crippen LogP contribution in [0.1, 0.15) is 37.7 Å². The third kappa shape index (κ3) is 4.16. The second kappa shape index (κ2) is 7.38. The predicted molar refractivity (Wildman–Crippen MR) is 87.4 cm³/mol.